The first-order valence-electron chi connectivity index (χ1n) is 6.31. The average molecular weight is 214 g/mol. The quantitative estimate of drug-likeness (QED) is 0.650. The molecule has 0 saturated carbocycles. The summed E-state index contributed by atoms with van der Waals surface area (Å²) in [5.74, 6) is 1.49. The van der Waals surface area contributed by atoms with Crippen molar-refractivity contribution in [3.8, 4) is 0 Å². The molecule has 1 heterocycles. The van der Waals surface area contributed by atoms with Crippen LogP contribution in [0.3, 0.4) is 0 Å². The van der Waals surface area contributed by atoms with Gasteiger partial charge in [0, 0.05) is 13.2 Å². The molecule has 0 aromatic heterocycles. The number of unbranched alkanes of at least 4 members (excludes halogenated alkanes) is 2. The molecule has 0 aromatic carbocycles. The third-order valence-corrected chi connectivity index (χ3v) is 3.63. The van der Waals surface area contributed by atoms with Crippen molar-refractivity contribution >= 4 is 0 Å². The first-order chi connectivity index (χ1) is 7.27. The molecule has 3 heteroatoms. The Kier molecular flexibility index (Phi) is 6.22. The number of hydrogen-bond donors (Lipinski definition) is 2. The molecule has 0 aromatic rings. The summed E-state index contributed by atoms with van der Waals surface area (Å²) < 4.78 is 0. The Morgan fingerprint density at radius 3 is 2.80 bits per heavy atom. The molecule has 0 radical (unpaired) electrons. The van der Waals surface area contributed by atoms with E-state index in [0.717, 1.165) is 25.3 Å². The molecular formula is C12H26N2O. The number of nitrogens with zero attached hydrogens (tertiary/aromatic N) is 1. The van der Waals surface area contributed by atoms with Gasteiger partial charge in [0.25, 0.3) is 0 Å². The van der Waals surface area contributed by atoms with Gasteiger partial charge in [-0.05, 0) is 57.2 Å². The molecule has 0 bridgehead atoms. The Labute approximate surface area is 93.6 Å². The predicted molar refractivity (Wildman–Crippen MR) is 63.7 cm³/mol. The van der Waals surface area contributed by atoms with Gasteiger partial charge in [-0.15, -0.1) is 0 Å². The lowest BCUT2D eigenvalue weighted by atomic mass is 9.87. The molecule has 1 fully saturated rings. The van der Waals surface area contributed by atoms with Gasteiger partial charge in [-0.25, -0.2) is 0 Å². The lowest BCUT2D eigenvalue weighted by Crippen LogP contribution is -2.42. The highest BCUT2D eigenvalue weighted by Crippen LogP contribution is 2.22. The summed E-state index contributed by atoms with van der Waals surface area (Å²) in [6.45, 7) is 7.08. The SMILES string of the molecule is CC1CCN(CCCCCO)CC1CN. The third kappa shape index (κ3) is 4.49. The molecule has 1 aliphatic rings. The van der Waals surface area contributed by atoms with Crippen LogP contribution in [0.4, 0.5) is 0 Å². The second-order valence-electron chi connectivity index (χ2n) is 4.85. The van der Waals surface area contributed by atoms with Crippen LogP contribution >= 0.6 is 0 Å². The van der Waals surface area contributed by atoms with Crippen molar-refractivity contribution in [2.24, 2.45) is 17.6 Å². The fourth-order valence-corrected chi connectivity index (χ4v) is 2.36. The van der Waals surface area contributed by atoms with E-state index < -0.39 is 0 Å². The van der Waals surface area contributed by atoms with E-state index in [1.54, 1.807) is 0 Å². The van der Waals surface area contributed by atoms with Gasteiger partial charge < -0.3 is 15.7 Å². The Morgan fingerprint density at radius 2 is 2.13 bits per heavy atom. The second kappa shape index (κ2) is 7.20. The van der Waals surface area contributed by atoms with Crippen LogP contribution in [0.1, 0.15) is 32.6 Å². The highest BCUT2D eigenvalue weighted by atomic mass is 16.2. The molecule has 1 aliphatic heterocycles. The predicted octanol–water partition coefficient (Wildman–Crippen LogP) is 1.07. The van der Waals surface area contributed by atoms with Crippen LogP contribution < -0.4 is 5.73 Å². The molecular weight excluding hydrogens is 188 g/mol. The first kappa shape index (κ1) is 12.9. The number of piperidine rings is 1. The second-order valence-corrected chi connectivity index (χ2v) is 4.85. The van der Waals surface area contributed by atoms with Crippen LogP contribution in [0.2, 0.25) is 0 Å². The fourth-order valence-electron chi connectivity index (χ4n) is 2.36. The van der Waals surface area contributed by atoms with E-state index in [0.29, 0.717) is 12.5 Å². The number of rotatable bonds is 6. The fraction of sp³-hybridized carbons (Fsp3) is 1.00. The molecule has 2 atom stereocenters. The van der Waals surface area contributed by atoms with Crippen molar-refractivity contribution in [2.75, 3.05) is 32.8 Å². The first-order valence-corrected chi connectivity index (χ1v) is 6.31. The Balaban J connectivity index is 2.14. The average Bonchev–Trinajstić information content (AvgIpc) is 2.26. The zero-order chi connectivity index (χ0) is 11.1. The smallest absolute Gasteiger partial charge is 0.0431 e. The van der Waals surface area contributed by atoms with Gasteiger partial charge in [0.1, 0.15) is 0 Å². The van der Waals surface area contributed by atoms with E-state index >= 15 is 0 Å². The molecule has 0 amide bonds. The lowest BCUT2D eigenvalue weighted by molar-refractivity contribution is 0.129. The molecule has 0 aliphatic carbocycles. The molecule has 0 spiro atoms. The normalized spacial score (nSPS) is 28.2. The maximum Gasteiger partial charge on any atom is 0.0431 e. The van der Waals surface area contributed by atoms with Crippen LogP contribution in [-0.4, -0.2) is 42.8 Å². The zero-order valence-electron chi connectivity index (χ0n) is 9.99. The molecule has 1 saturated heterocycles. The van der Waals surface area contributed by atoms with Gasteiger partial charge >= 0.3 is 0 Å². The van der Waals surface area contributed by atoms with Crippen molar-refractivity contribution in [3.05, 3.63) is 0 Å². The van der Waals surface area contributed by atoms with Crippen molar-refractivity contribution in [1.29, 1.82) is 0 Å². The van der Waals surface area contributed by atoms with Crippen molar-refractivity contribution in [3.63, 3.8) is 0 Å². The van der Waals surface area contributed by atoms with Crippen molar-refractivity contribution in [1.82, 2.24) is 4.90 Å². The van der Waals surface area contributed by atoms with Crippen LogP contribution in [-0.2, 0) is 0 Å². The third-order valence-electron chi connectivity index (χ3n) is 3.63. The number of nitrogens with two attached hydrogens (primary N) is 1. The monoisotopic (exact) mass is 214 g/mol. The topological polar surface area (TPSA) is 49.5 Å². The van der Waals surface area contributed by atoms with Crippen LogP contribution in [0.25, 0.3) is 0 Å². The summed E-state index contributed by atoms with van der Waals surface area (Å²) in [6, 6.07) is 0. The van der Waals surface area contributed by atoms with Gasteiger partial charge in [-0.3, -0.25) is 0 Å². The maximum atomic E-state index is 8.69. The molecule has 90 valence electrons. The summed E-state index contributed by atoms with van der Waals surface area (Å²) in [4.78, 5) is 2.54. The highest BCUT2D eigenvalue weighted by Gasteiger charge is 2.24. The Morgan fingerprint density at radius 1 is 1.33 bits per heavy atom. The Hall–Kier alpha value is -0.120. The highest BCUT2D eigenvalue weighted by molar-refractivity contribution is 4.78. The largest absolute Gasteiger partial charge is 0.396 e. The van der Waals surface area contributed by atoms with Crippen LogP contribution in [0.15, 0.2) is 0 Å². The van der Waals surface area contributed by atoms with Gasteiger partial charge in [-0.2, -0.15) is 0 Å². The number of hydrogen-bond acceptors (Lipinski definition) is 3. The molecule has 1 rings (SSSR count). The number of aliphatic hydroxyl groups excluding tert-OH is 1. The minimum absolute atomic E-state index is 0.336. The van der Waals surface area contributed by atoms with Crippen molar-refractivity contribution in [2.45, 2.75) is 32.6 Å². The molecule has 3 N–H and O–H groups in total. The standard InChI is InChI=1S/C12H26N2O/c1-11-5-7-14(10-12(11)9-13)6-3-2-4-8-15/h11-12,15H,2-10,13H2,1H3. The number of aliphatic hydroxyl groups is 1. The summed E-state index contributed by atoms with van der Waals surface area (Å²) in [6.07, 6.45) is 4.61. The van der Waals surface area contributed by atoms with E-state index in [4.69, 9.17) is 10.8 Å². The lowest BCUT2D eigenvalue weighted by Gasteiger charge is -2.36. The van der Waals surface area contributed by atoms with Gasteiger partial charge in [0.2, 0.25) is 0 Å². The van der Waals surface area contributed by atoms with Gasteiger partial charge in [-0.1, -0.05) is 6.92 Å². The van der Waals surface area contributed by atoms with Crippen LogP contribution in [0.5, 0.6) is 0 Å². The van der Waals surface area contributed by atoms with Gasteiger partial charge in [0.15, 0.2) is 0 Å². The minimum Gasteiger partial charge on any atom is -0.396 e. The van der Waals surface area contributed by atoms with E-state index in [9.17, 15) is 0 Å². The summed E-state index contributed by atoms with van der Waals surface area (Å²) in [7, 11) is 0. The van der Waals surface area contributed by atoms with Gasteiger partial charge in [0.05, 0.1) is 0 Å². The number of likely N-dealkylation sites (tertiary alicyclic amines) is 1. The van der Waals surface area contributed by atoms with E-state index in [1.165, 1.54) is 32.5 Å². The van der Waals surface area contributed by atoms with E-state index in [1.807, 2.05) is 0 Å². The van der Waals surface area contributed by atoms with E-state index in [2.05, 4.69) is 11.8 Å². The Bertz CT molecular complexity index is 164. The molecule has 3 nitrogen and oxygen atoms in total. The van der Waals surface area contributed by atoms with Crippen molar-refractivity contribution < 1.29 is 5.11 Å². The summed E-state index contributed by atoms with van der Waals surface area (Å²) >= 11 is 0. The minimum atomic E-state index is 0.336. The molecule has 2 unspecified atom stereocenters. The summed E-state index contributed by atoms with van der Waals surface area (Å²) in [5.41, 5.74) is 5.77. The van der Waals surface area contributed by atoms with Crippen LogP contribution in [0, 0.1) is 11.8 Å². The zero-order valence-corrected chi connectivity index (χ0v) is 9.99. The van der Waals surface area contributed by atoms with E-state index in [-0.39, 0.29) is 0 Å². The maximum absolute atomic E-state index is 8.69. The summed E-state index contributed by atoms with van der Waals surface area (Å²) in [5, 5.41) is 8.69. The molecule has 15 heavy (non-hydrogen) atoms.